The van der Waals surface area contributed by atoms with E-state index in [0.717, 1.165) is 31.0 Å². The first kappa shape index (κ1) is 19.6. The highest BCUT2D eigenvalue weighted by Gasteiger charge is 2.35. The molecule has 0 radical (unpaired) electrons. The number of nitrogens with zero attached hydrogens (tertiary/aromatic N) is 1. The van der Waals surface area contributed by atoms with Gasteiger partial charge in [-0.1, -0.05) is 36.6 Å². The fourth-order valence-corrected chi connectivity index (χ4v) is 3.09. The lowest BCUT2D eigenvalue weighted by Crippen LogP contribution is -2.32. The third kappa shape index (κ3) is 5.43. The van der Waals surface area contributed by atoms with Gasteiger partial charge in [0.2, 0.25) is 5.91 Å². The minimum absolute atomic E-state index is 0.127. The van der Waals surface area contributed by atoms with E-state index in [-0.39, 0.29) is 17.6 Å². The number of nitrogens with one attached hydrogen (secondary N) is 2. The molecule has 4 nitrogen and oxygen atoms in total. The van der Waals surface area contributed by atoms with Crippen LogP contribution in [0.15, 0.2) is 42.6 Å². The molecule has 2 aromatic rings. The number of hydrogen-bond acceptors (Lipinski definition) is 3. The summed E-state index contributed by atoms with van der Waals surface area (Å²) in [5, 5.41) is 5.24. The SMILES string of the molecule is O=C(CNC(CC1CC1)c1ccccn1)Nc1c(Cl)cccc1C(F)(F)F. The van der Waals surface area contributed by atoms with Crippen LogP contribution in [0.25, 0.3) is 0 Å². The molecule has 1 aliphatic carbocycles. The Labute approximate surface area is 160 Å². The van der Waals surface area contributed by atoms with E-state index >= 15 is 0 Å². The zero-order chi connectivity index (χ0) is 19.4. The average molecular weight is 398 g/mol. The molecule has 1 atom stereocenters. The van der Waals surface area contributed by atoms with Crippen LogP contribution in [-0.2, 0) is 11.0 Å². The van der Waals surface area contributed by atoms with E-state index in [1.807, 2.05) is 12.1 Å². The Morgan fingerprint density at radius 2 is 2.00 bits per heavy atom. The maximum absolute atomic E-state index is 13.1. The molecule has 1 amide bonds. The second-order valence-electron chi connectivity index (χ2n) is 6.58. The molecule has 144 valence electrons. The Bertz CT molecular complexity index is 795. The van der Waals surface area contributed by atoms with Gasteiger partial charge < -0.3 is 10.6 Å². The van der Waals surface area contributed by atoms with Gasteiger partial charge in [0, 0.05) is 6.20 Å². The molecule has 1 unspecified atom stereocenters. The quantitative estimate of drug-likeness (QED) is 0.704. The van der Waals surface area contributed by atoms with Crippen LogP contribution in [0.1, 0.15) is 36.6 Å². The second-order valence-corrected chi connectivity index (χ2v) is 6.98. The molecule has 8 heteroatoms. The fraction of sp³-hybridized carbons (Fsp3) is 0.368. The van der Waals surface area contributed by atoms with Gasteiger partial charge in [0.25, 0.3) is 0 Å². The highest BCUT2D eigenvalue weighted by molar-refractivity contribution is 6.34. The molecular weight excluding hydrogens is 379 g/mol. The van der Waals surface area contributed by atoms with Gasteiger partial charge in [0.1, 0.15) is 0 Å². The maximum Gasteiger partial charge on any atom is 0.418 e. The van der Waals surface area contributed by atoms with Crippen molar-refractivity contribution >= 4 is 23.2 Å². The van der Waals surface area contributed by atoms with Crippen molar-refractivity contribution in [1.82, 2.24) is 10.3 Å². The Morgan fingerprint density at radius 3 is 2.63 bits per heavy atom. The third-order valence-corrected chi connectivity index (χ3v) is 4.72. The molecule has 1 aromatic carbocycles. The number of benzene rings is 1. The van der Waals surface area contributed by atoms with E-state index < -0.39 is 23.3 Å². The van der Waals surface area contributed by atoms with Gasteiger partial charge in [-0.2, -0.15) is 13.2 Å². The number of alkyl halides is 3. The summed E-state index contributed by atoms with van der Waals surface area (Å²) in [6.45, 7) is -0.142. The minimum atomic E-state index is -4.61. The highest BCUT2D eigenvalue weighted by atomic mass is 35.5. The van der Waals surface area contributed by atoms with Crippen molar-refractivity contribution in [2.75, 3.05) is 11.9 Å². The van der Waals surface area contributed by atoms with E-state index in [2.05, 4.69) is 15.6 Å². The van der Waals surface area contributed by atoms with Crippen LogP contribution in [0.5, 0.6) is 0 Å². The van der Waals surface area contributed by atoms with Gasteiger partial charge in [-0.25, -0.2) is 0 Å². The number of hydrogen-bond donors (Lipinski definition) is 2. The average Bonchev–Trinajstić information content (AvgIpc) is 3.44. The number of pyridine rings is 1. The number of carbonyl (C=O) groups excluding carboxylic acids is 1. The molecule has 1 fully saturated rings. The number of anilines is 1. The molecular formula is C19H19ClF3N3O. The summed E-state index contributed by atoms with van der Waals surface area (Å²) in [6, 6.07) is 8.81. The van der Waals surface area contributed by atoms with E-state index in [4.69, 9.17) is 11.6 Å². The topological polar surface area (TPSA) is 54.0 Å². The molecule has 27 heavy (non-hydrogen) atoms. The Kier molecular flexibility index (Phi) is 6.01. The molecule has 1 heterocycles. The summed E-state index contributed by atoms with van der Waals surface area (Å²) in [4.78, 5) is 16.6. The molecule has 3 rings (SSSR count). The summed E-state index contributed by atoms with van der Waals surface area (Å²) in [6.07, 6.45) is 0.196. The number of para-hydroxylation sites is 1. The minimum Gasteiger partial charge on any atom is -0.323 e. The van der Waals surface area contributed by atoms with Crippen LogP contribution >= 0.6 is 11.6 Å². The van der Waals surface area contributed by atoms with Crippen molar-refractivity contribution in [3.05, 3.63) is 58.9 Å². The summed E-state index contributed by atoms with van der Waals surface area (Å²) < 4.78 is 39.4. The number of carbonyl (C=O) groups is 1. The molecule has 2 N–H and O–H groups in total. The Hall–Kier alpha value is -2.12. The molecule has 0 spiro atoms. The molecule has 0 bridgehead atoms. The lowest BCUT2D eigenvalue weighted by molar-refractivity contribution is -0.137. The summed E-state index contributed by atoms with van der Waals surface area (Å²) in [5.41, 5.74) is -0.580. The van der Waals surface area contributed by atoms with E-state index in [1.54, 1.807) is 12.3 Å². The normalized spacial score (nSPS) is 15.4. The highest BCUT2D eigenvalue weighted by Crippen LogP contribution is 2.39. The van der Waals surface area contributed by atoms with Crippen molar-refractivity contribution in [3.63, 3.8) is 0 Å². The molecule has 0 saturated heterocycles. The Balaban J connectivity index is 1.67. The van der Waals surface area contributed by atoms with Crippen LogP contribution < -0.4 is 10.6 Å². The predicted molar refractivity (Wildman–Crippen MR) is 97.4 cm³/mol. The monoisotopic (exact) mass is 397 g/mol. The van der Waals surface area contributed by atoms with E-state index in [1.165, 1.54) is 12.1 Å². The third-order valence-electron chi connectivity index (χ3n) is 4.40. The summed E-state index contributed by atoms with van der Waals surface area (Å²) in [5.74, 6) is -0.00158. The summed E-state index contributed by atoms with van der Waals surface area (Å²) in [7, 11) is 0. The molecule has 1 saturated carbocycles. The molecule has 1 aromatic heterocycles. The lowest BCUT2D eigenvalue weighted by Gasteiger charge is -2.19. The first-order chi connectivity index (χ1) is 12.8. The first-order valence-electron chi connectivity index (χ1n) is 8.64. The first-order valence-corrected chi connectivity index (χ1v) is 9.02. The van der Waals surface area contributed by atoms with E-state index in [0.29, 0.717) is 5.92 Å². The largest absolute Gasteiger partial charge is 0.418 e. The van der Waals surface area contributed by atoms with Crippen LogP contribution in [0.3, 0.4) is 0 Å². The van der Waals surface area contributed by atoms with Gasteiger partial charge >= 0.3 is 6.18 Å². The number of halogens is 4. The van der Waals surface area contributed by atoms with Crippen LogP contribution in [0.4, 0.5) is 18.9 Å². The van der Waals surface area contributed by atoms with Gasteiger partial charge in [-0.3, -0.25) is 9.78 Å². The number of rotatable bonds is 7. The van der Waals surface area contributed by atoms with Crippen molar-refractivity contribution in [2.45, 2.75) is 31.5 Å². The Morgan fingerprint density at radius 1 is 1.22 bits per heavy atom. The van der Waals surface area contributed by atoms with Crippen molar-refractivity contribution in [2.24, 2.45) is 5.92 Å². The van der Waals surface area contributed by atoms with Gasteiger partial charge in [0.05, 0.1) is 34.6 Å². The van der Waals surface area contributed by atoms with Crippen molar-refractivity contribution in [1.29, 1.82) is 0 Å². The number of amides is 1. The molecule has 1 aliphatic rings. The van der Waals surface area contributed by atoms with Gasteiger partial charge in [0.15, 0.2) is 0 Å². The lowest BCUT2D eigenvalue weighted by atomic mass is 10.1. The van der Waals surface area contributed by atoms with Crippen molar-refractivity contribution < 1.29 is 18.0 Å². The zero-order valence-electron chi connectivity index (χ0n) is 14.4. The zero-order valence-corrected chi connectivity index (χ0v) is 15.1. The van der Waals surface area contributed by atoms with Crippen LogP contribution in [0.2, 0.25) is 5.02 Å². The number of aromatic nitrogens is 1. The fourth-order valence-electron chi connectivity index (χ4n) is 2.86. The standard InChI is InChI=1S/C19H19ClF3N3O/c20-14-5-3-4-13(19(21,22)23)18(14)26-17(27)11-25-16(10-12-7-8-12)15-6-1-2-9-24-15/h1-6,9,12,16,25H,7-8,10-11H2,(H,26,27). The molecule has 0 aliphatic heterocycles. The smallest absolute Gasteiger partial charge is 0.323 e. The summed E-state index contributed by atoms with van der Waals surface area (Å²) >= 11 is 5.87. The maximum atomic E-state index is 13.1. The van der Waals surface area contributed by atoms with E-state index in [9.17, 15) is 18.0 Å². The van der Waals surface area contributed by atoms with Crippen molar-refractivity contribution in [3.8, 4) is 0 Å². The van der Waals surface area contributed by atoms with Gasteiger partial charge in [-0.05, 0) is 36.6 Å². The second kappa shape index (κ2) is 8.27. The van der Waals surface area contributed by atoms with Crippen LogP contribution in [0, 0.1) is 5.92 Å². The van der Waals surface area contributed by atoms with Crippen LogP contribution in [-0.4, -0.2) is 17.4 Å². The predicted octanol–water partition coefficient (Wildman–Crippen LogP) is 4.82. The van der Waals surface area contributed by atoms with Gasteiger partial charge in [-0.15, -0.1) is 0 Å².